The summed E-state index contributed by atoms with van der Waals surface area (Å²) in [5, 5.41) is 2.71. The van der Waals surface area contributed by atoms with Crippen molar-refractivity contribution in [2.45, 2.75) is 6.54 Å². The Kier molecular flexibility index (Phi) is 4.65. The molecule has 0 atom stereocenters. The lowest BCUT2D eigenvalue weighted by Crippen LogP contribution is -2.24. The van der Waals surface area contributed by atoms with E-state index in [0.717, 1.165) is 0 Å². The molecule has 0 saturated carbocycles. The molecule has 2 aromatic rings. The highest BCUT2D eigenvalue weighted by molar-refractivity contribution is 6.30. The first-order valence-electron chi connectivity index (χ1n) is 6.17. The van der Waals surface area contributed by atoms with Crippen molar-refractivity contribution in [1.82, 2.24) is 5.32 Å². The molecule has 6 heteroatoms. The number of methoxy groups -OCH3 is 1. The average Bonchev–Trinajstić information content (AvgIpc) is 2.48. The number of amides is 1. The molecule has 4 nitrogen and oxygen atoms in total. The van der Waals surface area contributed by atoms with E-state index in [9.17, 15) is 9.18 Å². The van der Waals surface area contributed by atoms with Crippen LogP contribution < -0.4 is 15.8 Å². The van der Waals surface area contributed by atoms with Gasteiger partial charge >= 0.3 is 0 Å². The number of anilines is 1. The molecule has 0 aliphatic rings. The van der Waals surface area contributed by atoms with Crippen LogP contribution in [0.4, 0.5) is 10.1 Å². The zero-order valence-corrected chi connectivity index (χ0v) is 12.1. The van der Waals surface area contributed by atoms with Gasteiger partial charge in [0.1, 0.15) is 11.6 Å². The van der Waals surface area contributed by atoms with Crippen molar-refractivity contribution in [3.05, 3.63) is 58.4 Å². The number of hydrogen-bond donors (Lipinski definition) is 2. The van der Waals surface area contributed by atoms with Gasteiger partial charge in [-0.3, -0.25) is 4.79 Å². The molecule has 0 heterocycles. The Balaban J connectivity index is 2.10. The standard InChI is InChI=1S/C15H14ClFN2O2/c1-21-13-4-2-3-10(14(13)18)15(20)19-8-9-5-6-12(17)11(16)7-9/h2-7H,8,18H2,1H3,(H,19,20). The van der Waals surface area contributed by atoms with Gasteiger partial charge in [0.2, 0.25) is 0 Å². The minimum atomic E-state index is -0.496. The molecule has 110 valence electrons. The Morgan fingerprint density at radius 2 is 2.14 bits per heavy atom. The Bertz CT molecular complexity index is 677. The van der Waals surface area contributed by atoms with Crippen LogP contribution in [0.15, 0.2) is 36.4 Å². The van der Waals surface area contributed by atoms with E-state index in [1.165, 1.54) is 19.2 Å². The van der Waals surface area contributed by atoms with Gasteiger partial charge < -0.3 is 15.8 Å². The molecule has 2 aromatic carbocycles. The number of nitrogens with one attached hydrogen (secondary N) is 1. The van der Waals surface area contributed by atoms with Crippen molar-refractivity contribution < 1.29 is 13.9 Å². The molecular weight excluding hydrogens is 295 g/mol. The minimum absolute atomic E-state index is 0.0163. The third-order valence-corrected chi connectivity index (χ3v) is 3.26. The summed E-state index contributed by atoms with van der Waals surface area (Å²) < 4.78 is 18.1. The summed E-state index contributed by atoms with van der Waals surface area (Å²) in [5.41, 5.74) is 7.14. The summed E-state index contributed by atoms with van der Waals surface area (Å²) in [6.07, 6.45) is 0. The fourth-order valence-electron chi connectivity index (χ4n) is 1.85. The maximum Gasteiger partial charge on any atom is 0.253 e. The third kappa shape index (κ3) is 3.44. The summed E-state index contributed by atoms with van der Waals surface area (Å²) in [6.45, 7) is 0.218. The maximum absolute atomic E-state index is 13.0. The average molecular weight is 309 g/mol. The molecule has 0 aliphatic carbocycles. The number of para-hydroxylation sites is 1. The summed E-state index contributed by atoms with van der Waals surface area (Å²) in [6, 6.07) is 9.22. The Labute approximate surface area is 126 Å². The Hall–Kier alpha value is -2.27. The van der Waals surface area contributed by atoms with E-state index in [1.807, 2.05) is 0 Å². The summed E-state index contributed by atoms with van der Waals surface area (Å²) in [4.78, 5) is 12.1. The van der Waals surface area contributed by atoms with Crippen LogP contribution in [0.5, 0.6) is 5.75 Å². The van der Waals surface area contributed by atoms with Crippen LogP contribution in [0.2, 0.25) is 5.02 Å². The van der Waals surface area contributed by atoms with Crippen LogP contribution in [0, 0.1) is 5.82 Å². The zero-order chi connectivity index (χ0) is 15.4. The summed E-state index contributed by atoms with van der Waals surface area (Å²) in [5.74, 6) is -0.400. The lowest BCUT2D eigenvalue weighted by molar-refractivity contribution is 0.0951. The first-order valence-corrected chi connectivity index (χ1v) is 6.55. The predicted octanol–water partition coefficient (Wildman–Crippen LogP) is 3.00. The quantitative estimate of drug-likeness (QED) is 0.853. The van der Waals surface area contributed by atoms with E-state index < -0.39 is 5.82 Å². The second-order valence-electron chi connectivity index (χ2n) is 4.35. The fourth-order valence-corrected chi connectivity index (χ4v) is 2.05. The predicted molar refractivity (Wildman–Crippen MR) is 80.0 cm³/mol. The maximum atomic E-state index is 13.0. The number of hydrogen-bond acceptors (Lipinski definition) is 3. The van der Waals surface area contributed by atoms with Crippen molar-refractivity contribution in [3.8, 4) is 5.75 Å². The van der Waals surface area contributed by atoms with E-state index in [1.54, 1.807) is 24.3 Å². The van der Waals surface area contributed by atoms with Crippen molar-refractivity contribution in [1.29, 1.82) is 0 Å². The molecule has 2 rings (SSSR count). The second kappa shape index (κ2) is 6.45. The van der Waals surface area contributed by atoms with Crippen LogP contribution in [0.25, 0.3) is 0 Å². The number of carbonyl (C=O) groups excluding carboxylic acids is 1. The molecule has 0 bridgehead atoms. The molecule has 21 heavy (non-hydrogen) atoms. The van der Waals surface area contributed by atoms with E-state index in [0.29, 0.717) is 16.9 Å². The molecule has 1 amide bonds. The number of ether oxygens (including phenoxy) is 1. The van der Waals surface area contributed by atoms with Crippen LogP contribution in [-0.4, -0.2) is 13.0 Å². The van der Waals surface area contributed by atoms with E-state index in [2.05, 4.69) is 5.32 Å². The highest BCUT2D eigenvalue weighted by atomic mass is 35.5. The van der Waals surface area contributed by atoms with Crippen LogP contribution in [-0.2, 0) is 6.54 Å². The zero-order valence-electron chi connectivity index (χ0n) is 11.3. The topological polar surface area (TPSA) is 64.3 Å². The molecule has 3 N–H and O–H groups in total. The molecule has 0 spiro atoms. The van der Waals surface area contributed by atoms with Crippen LogP contribution >= 0.6 is 11.6 Å². The second-order valence-corrected chi connectivity index (χ2v) is 4.76. The lowest BCUT2D eigenvalue weighted by atomic mass is 10.1. The van der Waals surface area contributed by atoms with E-state index in [-0.39, 0.29) is 23.2 Å². The number of benzene rings is 2. The number of nitrogens with two attached hydrogens (primary N) is 1. The van der Waals surface area contributed by atoms with Gasteiger partial charge in [-0.2, -0.15) is 0 Å². The minimum Gasteiger partial charge on any atom is -0.495 e. The van der Waals surface area contributed by atoms with Gasteiger partial charge in [-0.1, -0.05) is 23.7 Å². The molecular formula is C15H14ClFN2O2. The van der Waals surface area contributed by atoms with Crippen molar-refractivity contribution in [2.24, 2.45) is 0 Å². The van der Waals surface area contributed by atoms with Gasteiger partial charge in [0.15, 0.2) is 0 Å². The summed E-state index contributed by atoms with van der Waals surface area (Å²) >= 11 is 5.69. The Morgan fingerprint density at radius 1 is 1.38 bits per heavy atom. The van der Waals surface area contributed by atoms with Gasteiger partial charge in [-0.15, -0.1) is 0 Å². The molecule has 0 unspecified atom stereocenters. The monoisotopic (exact) mass is 308 g/mol. The highest BCUT2D eigenvalue weighted by Crippen LogP contribution is 2.24. The SMILES string of the molecule is COc1cccc(C(=O)NCc2ccc(F)c(Cl)c2)c1N. The van der Waals surface area contributed by atoms with Crippen LogP contribution in [0.1, 0.15) is 15.9 Å². The van der Waals surface area contributed by atoms with E-state index in [4.69, 9.17) is 22.1 Å². The third-order valence-electron chi connectivity index (χ3n) is 2.97. The number of nitrogen functional groups attached to an aromatic ring is 1. The largest absolute Gasteiger partial charge is 0.495 e. The lowest BCUT2D eigenvalue weighted by Gasteiger charge is -2.10. The highest BCUT2D eigenvalue weighted by Gasteiger charge is 2.12. The van der Waals surface area contributed by atoms with Crippen molar-refractivity contribution >= 4 is 23.2 Å². The van der Waals surface area contributed by atoms with Crippen molar-refractivity contribution in [3.63, 3.8) is 0 Å². The van der Waals surface area contributed by atoms with Gasteiger partial charge in [0, 0.05) is 6.54 Å². The van der Waals surface area contributed by atoms with Gasteiger partial charge in [0.05, 0.1) is 23.4 Å². The summed E-state index contributed by atoms with van der Waals surface area (Å²) in [7, 11) is 1.48. The molecule has 0 radical (unpaired) electrons. The first-order chi connectivity index (χ1) is 10.0. The van der Waals surface area contributed by atoms with Crippen LogP contribution in [0.3, 0.4) is 0 Å². The van der Waals surface area contributed by atoms with Gasteiger partial charge in [-0.05, 0) is 29.8 Å². The smallest absolute Gasteiger partial charge is 0.253 e. The van der Waals surface area contributed by atoms with Gasteiger partial charge in [0.25, 0.3) is 5.91 Å². The number of halogens is 2. The number of carbonyl (C=O) groups is 1. The molecule has 0 aliphatic heterocycles. The normalized spacial score (nSPS) is 10.2. The van der Waals surface area contributed by atoms with Gasteiger partial charge in [-0.25, -0.2) is 4.39 Å². The van der Waals surface area contributed by atoms with E-state index >= 15 is 0 Å². The Morgan fingerprint density at radius 3 is 2.81 bits per heavy atom. The number of rotatable bonds is 4. The molecule has 0 fully saturated rings. The fraction of sp³-hybridized carbons (Fsp3) is 0.133. The first kappa shape index (κ1) is 15.1. The molecule has 0 saturated heterocycles. The molecule has 0 aromatic heterocycles. The van der Waals surface area contributed by atoms with Crippen molar-refractivity contribution in [2.75, 3.05) is 12.8 Å².